The number of halogens is 4. The van der Waals surface area contributed by atoms with Gasteiger partial charge in [0.1, 0.15) is 16.1 Å². The first-order valence-electron chi connectivity index (χ1n) is 4.65. The Hall–Kier alpha value is -0.350. The average molecular weight is 352 g/mol. The molecule has 0 fully saturated rings. The van der Waals surface area contributed by atoms with E-state index in [0.29, 0.717) is 21.7 Å². The summed E-state index contributed by atoms with van der Waals surface area (Å²) in [4.78, 5) is 8.16. The van der Waals surface area contributed by atoms with Gasteiger partial charge >= 0.3 is 0 Å². The molecule has 2 aromatic rings. The van der Waals surface area contributed by atoms with Crippen LogP contribution in [0.25, 0.3) is 11.1 Å². The molecule has 0 aliphatic carbocycles. The van der Waals surface area contributed by atoms with Gasteiger partial charge in [0.15, 0.2) is 0 Å². The fourth-order valence-electron chi connectivity index (χ4n) is 1.39. The van der Waals surface area contributed by atoms with Crippen LogP contribution in [0.2, 0.25) is 10.3 Å². The van der Waals surface area contributed by atoms with Crippen molar-refractivity contribution in [1.29, 1.82) is 0 Å². The second kappa shape index (κ2) is 5.53. The van der Waals surface area contributed by atoms with E-state index in [4.69, 9.17) is 34.8 Å². The van der Waals surface area contributed by atoms with Crippen LogP contribution in [-0.4, -0.2) is 9.97 Å². The molecule has 0 aliphatic heterocycles. The molecule has 0 saturated carbocycles. The Morgan fingerprint density at radius 3 is 2.29 bits per heavy atom. The van der Waals surface area contributed by atoms with Gasteiger partial charge in [0.05, 0.1) is 11.4 Å². The molecule has 2 nitrogen and oxygen atoms in total. The molecular formula is C11H6BrCl3N2. The molecule has 1 heterocycles. The number of alkyl halides is 1. The lowest BCUT2D eigenvalue weighted by molar-refractivity contribution is 1.03. The Bertz CT molecular complexity index is 537. The first-order chi connectivity index (χ1) is 8.11. The van der Waals surface area contributed by atoms with Crippen LogP contribution >= 0.6 is 50.7 Å². The van der Waals surface area contributed by atoms with Gasteiger partial charge in [-0.05, 0) is 17.7 Å². The normalized spacial score (nSPS) is 10.6. The van der Waals surface area contributed by atoms with Gasteiger partial charge in [-0.15, -0.1) is 11.6 Å². The zero-order valence-corrected chi connectivity index (χ0v) is 12.3. The van der Waals surface area contributed by atoms with E-state index in [-0.39, 0.29) is 5.88 Å². The van der Waals surface area contributed by atoms with Crippen LogP contribution in [0, 0.1) is 0 Å². The number of aromatic nitrogens is 2. The summed E-state index contributed by atoms with van der Waals surface area (Å²) in [6.45, 7) is 0. The van der Waals surface area contributed by atoms with Crippen molar-refractivity contribution in [2.24, 2.45) is 0 Å². The fourth-order valence-corrected chi connectivity index (χ4v) is 2.55. The minimum Gasteiger partial charge on any atom is -0.219 e. The molecule has 0 amide bonds. The van der Waals surface area contributed by atoms with Gasteiger partial charge in [-0.2, -0.15) is 0 Å². The highest BCUT2D eigenvalue weighted by Crippen LogP contribution is 2.33. The predicted molar refractivity (Wildman–Crippen MR) is 74.7 cm³/mol. The van der Waals surface area contributed by atoms with Crippen molar-refractivity contribution in [3.63, 3.8) is 0 Å². The van der Waals surface area contributed by atoms with Crippen molar-refractivity contribution in [2.75, 3.05) is 0 Å². The van der Waals surface area contributed by atoms with Crippen LogP contribution in [0.15, 0.2) is 28.7 Å². The largest absolute Gasteiger partial charge is 0.219 e. The summed E-state index contributed by atoms with van der Waals surface area (Å²) in [6.07, 6.45) is 0. The molecule has 0 atom stereocenters. The molecule has 6 heteroatoms. The topological polar surface area (TPSA) is 25.8 Å². The van der Waals surface area contributed by atoms with Crippen molar-refractivity contribution in [2.45, 2.75) is 5.88 Å². The van der Waals surface area contributed by atoms with Gasteiger partial charge in [0, 0.05) is 4.47 Å². The maximum Gasteiger partial charge on any atom is 0.146 e. The van der Waals surface area contributed by atoms with E-state index in [1.54, 1.807) is 0 Å². The van der Waals surface area contributed by atoms with Gasteiger partial charge in [-0.1, -0.05) is 51.3 Å². The Morgan fingerprint density at radius 2 is 1.76 bits per heavy atom. The lowest BCUT2D eigenvalue weighted by Crippen LogP contribution is -1.96. The van der Waals surface area contributed by atoms with Gasteiger partial charge in [-0.3, -0.25) is 0 Å². The van der Waals surface area contributed by atoms with E-state index < -0.39 is 0 Å². The van der Waals surface area contributed by atoms with Gasteiger partial charge < -0.3 is 0 Å². The van der Waals surface area contributed by atoms with Crippen molar-refractivity contribution >= 4 is 50.7 Å². The van der Waals surface area contributed by atoms with Crippen LogP contribution in [0.3, 0.4) is 0 Å². The number of hydrogen-bond acceptors (Lipinski definition) is 2. The van der Waals surface area contributed by atoms with E-state index in [1.807, 2.05) is 24.3 Å². The molecule has 1 aromatic heterocycles. The highest BCUT2D eigenvalue weighted by atomic mass is 79.9. The van der Waals surface area contributed by atoms with Crippen molar-refractivity contribution < 1.29 is 0 Å². The molecule has 0 unspecified atom stereocenters. The third-order valence-corrected chi connectivity index (χ3v) is 3.38. The number of nitrogens with zero attached hydrogens (tertiary/aromatic N) is 2. The Balaban J connectivity index is 2.60. The first-order valence-corrected chi connectivity index (χ1v) is 6.74. The third-order valence-electron chi connectivity index (χ3n) is 2.10. The summed E-state index contributed by atoms with van der Waals surface area (Å²) in [5.41, 5.74) is 1.47. The van der Waals surface area contributed by atoms with Crippen LogP contribution < -0.4 is 0 Å². The number of rotatable bonds is 2. The Kier molecular flexibility index (Phi) is 4.26. The number of benzene rings is 1. The van der Waals surface area contributed by atoms with E-state index in [9.17, 15) is 0 Å². The average Bonchev–Trinajstić information content (AvgIpc) is 2.28. The summed E-state index contributed by atoms with van der Waals surface area (Å²) in [7, 11) is 0. The molecule has 0 N–H and O–H groups in total. The standard InChI is InChI=1S/C11H6BrCl3N2/c12-7-3-1-2-6(4-7)9-10(14)16-8(5-13)17-11(9)15/h1-4H,5H2. The highest BCUT2D eigenvalue weighted by Gasteiger charge is 2.13. The predicted octanol–water partition coefficient (Wildman–Crippen LogP) is 4.95. The zero-order chi connectivity index (χ0) is 12.4. The quantitative estimate of drug-likeness (QED) is 0.564. The Labute approximate surface area is 122 Å². The molecular weight excluding hydrogens is 346 g/mol. The molecule has 0 aliphatic rings. The van der Waals surface area contributed by atoms with Crippen molar-refractivity contribution in [3.05, 3.63) is 44.9 Å². The lowest BCUT2D eigenvalue weighted by atomic mass is 10.1. The maximum absolute atomic E-state index is 6.09. The minimum atomic E-state index is 0.179. The van der Waals surface area contributed by atoms with Gasteiger partial charge in [0.2, 0.25) is 0 Å². The molecule has 2 rings (SSSR count). The van der Waals surface area contributed by atoms with Crippen molar-refractivity contribution in [1.82, 2.24) is 9.97 Å². The van der Waals surface area contributed by atoms with Crippen LogP contribution in [-0.2, 0) is 5.88 Å². The summed E-state index contributed by atoms with van der Waals surface area (Å²) in [5.74, 6) is 0.596. The maximum atomic E-state index is 6.09. The number of hydrogen-bond donors (Lipinski definition) is 0. The first kappa shape index (κ1) is 13.1. The van der Waals surface area contributed by atoms with Gasteiger partial charge in [0.25, 0.3) is 0 Å². The van der Waals surface area contributed by atoms with E-state index in [1.165, 1.54) is 0 Å². The van der Waals surface area contributed by atoms with Crippen molar-refractivity contribution in [3.8, 4) is 11.1 Å². The van der Waals surface area contributed by atoms with E-state index in [0.717, 1.165) is 10.0 Å². The van der Waals surface area contributed by atoms with Crippen LogP contribution in [0.4, 0.5) is 0 Å². The van der Waals surface area contributed by atoms with Crippen LogP contribution in [0.5, 0.6) is 0 Å². The SMILES string of the molecule is ClCc1nc(Cl)c(-c2cccc(Br)c2)c(Cl)n1. The summed E-state index contributed by atoms with van der Waals surface area (Å²) < 4.78 is 0.934. The molecule has 0 radical (unpaired) electrons. The Morgan fingerprint density at radius 1 is 1.12 bits per heavy atom. The minimum absolute atomic E-state index is 0.179. The van der Waals surface area contributed by atoms with E-state index in [2.05, 4.69) is 25.9 Å². The second-order valence-corrected chi connectivity index (χ2v) is 5.14. The summed E-state index contributed by atoms with van der Waals surface area (Å²) in [6, 6.07) is 7.60. The van der Waals surface area contributed by atoms with Crippen LogP contribution in [0.1, 0.15) is 5.82 Å². The van der Waals surface area contributed by atoms with Gasteiger partial charge in [-0.25, -0.2) is 9.97 Å². The molecule has 88 valence electrons. The molecule has 0 spiro atoms. The molecule has 1 aromatic carbocycles. The highest BCUT2D eigenvalue weighted by molar-refractivity contribution is 9.10. The molecule has 0 bridgehead atoms. The summed E-state index contributed by atoms with van der Waals surface area (Å²) >= 11 is 21.2. The molecule has 0 saturated heterocycles. The smallest absolute Gasteiger partial charge is 0.146 e. The molecule has 17 heavy (non-hydrogen) atoms. The lowest BCUT2D eigenvalue weighted by Gasteiger charge is -2.07. The van der Waals surface area contributed by atoms with E-state index >= 15 is 0 Å². The second-order valence-electron chi connectivity index (χ2n) is 3.24. The third kappa shape index (κ3) is 2.91. The monoisotopic (exact) mass is 350 g/mol. The fraction of sp³-hybridized carbons (Fsp3) is 0.0909. The summed E-state index contributed by atoms with van der Waals surface area (Å²) in [5, 5.41) is 0.609. The zero-order valence-electron chi connectivity index (χ0n) is 8.42.